The van der Waals surface area contributed by atoms with E-state index in [0.717, 1.165) is 12.3 Å². The van der Waals surface area contributed by atoms with Crippen molar-refractivity contribution in [3.8, 4) is 0 Å². The topological polar surface area (TPSA) is 108 Å². The first-order chi connectivity index (χ1) is 13.9. The summed E-state index contributed by atoms with van der Waals surface area (Å²) < 4.78 is 49.8. The number of aliphatic hydroxyl groups excluding tert-OH is 1. The van der Waals surface area contributed by atoms with Crippen LogP contribution in [0.1, 0.15) is 25.8 Å². The van der Waals surface area contributed by atoms with Crippen LogP contribution in [0, 0.1) is 17.6 Å². The van der Waals surface area contributed by atoms with Crippen molar-refractivity contribution in [3.63, 3.8) is 0 Å². The Morgan fingerprint density at radius 2 is 1.73 bits per heavy atom. The monoisotopic (exact) mass is 449 g/mol. The van der Waals surface area contributed by atoms with E-state index in [-0.39, 0.29) is 37.0 Å². The Labute approximate surface area is 177 Å². The second kappa shape index (κ2) is 12.3. The lowest BCUT2D eigenvalue weighted by molar-refractivity contribution is -0.123. The number of halogens is 2. The van der Waals surface area contributed by atoms with Gasteiger partial charge in [-0.15, -0.1) is 0 Å². The first kappa shape index (κ1) is 26.4. The molecule has 10 heteroatoms. The van der Waals surface area contributed by atoms with Crippen LogP contribution < -0.4 is 16.0 Å². The van der Waals surface area contributed by atoms with Gasteiger partial charge in [0.05, 0.1) is 17.9 Å². The van der Waals surface area contributed by atoms with Crippen molar-refractivity contribution in [2.45, 2.75) is 44.9 Å². The number of amides is 1. The highest BCUT2D eigenvalue weighted by Crippen LogP contribution is 2.12. The highest BCUT2D eigenvalue weighted by molar-refractivity contribution is 7.90. The molecule has 1 aromatic rings. The summed E-state index contributed by atoms with van der Waals surface area (Å²) in [6.45, 7) is 4.32. The molecule has 3 atom stereocenters. The van der Waals surface area contributed by atoms with Gasteiger partial charge >= 0.3 is 0 Å². The number of benzene rings is 1. The summed E-state index contributed by atoms with van der Waals surface area (Å²) in [5.41, 5.74) is 0.384. The molecule has 172 valence electrons. The van der Waals surface area contributed by atoms with E-state index in [9.17, 15) is 27.1 Å². The van der Waals surface area contributed by atoms with E-state index in [1.807, 2.05) is 13.8 Å². The first-order valence-electron chi connectivity index (χ1n) is 9.90. The van der Waals surface area contributed by atoms with Crippen LogP contribution in [0.5, 0.6) is 0 Å². The zero-order valence-corrected chi connectivity index (χ0v) is 18.7. The van der Waals surface area contributed by atoms with E-state index in [1.54, 1.807) is 7.05 Å². The van der Waals surface area contributed by atoms with Crippen LogP contribution >= 0.6 is 0 Å². The van der Waals surface area contributed by atoms with Gasteiger partial charge < -0.3 is 21.1 Å². The maximum absolute atomic E-state index is 13.4. The molecule has 1 rings (SSSR count). The summed E-state index contributed by atoms with van der Waals surface area (Å²) in [7, 11) is -1.65. The van der Waals surface area contributed by atoms with Gasteiger partial charge in [-0.05, 0) is 43.5 Å². The highest BCUT2D eigenvalue weighted by atomic mass is 32.2. The Kier molecular flexibility index (Phi) is 10.8. The predicted molar refractivity (Wildman–Crippen MR) is 113 cm³/mol. The number of rotatable bonds is 13. The number of hydrogen-bond donors (Lipinski definition) is 4. The minimum Gasteiger partial charge on any atom is -0.390 e. The number of sulfone groups is 1. The van der Waals surface area contributed by atoms with Gasteiger partial charge in [-0.1, -0.05) is 13.8 Å². The lowest BCUT2D eigenvalue weighted by Crippen LogP contribution is -2.51. The van der Waals surface area contributed by atoms with Gasteiger partial charge in [0.25, 0.3) is 0 Å². The third-order valence-electron chi connectivity index (χ3n) is 4.56. The average Bonchev–Trinajstić information content (AvgIpc) is 2.62. The predicted octanol–water partition coefficient (Wildman–Crippen LogP) is 0.621. The fraction of sp³-hybridized carbons (Fsp3) is 0.650. The van der Waals surface area contributed by atoms with Crippen LogP contribution in [-0.4, -0.2) is 69.8 Å². The maximum atomic E-state index is 13.4. The quantitative estimate of drug-likeness (QED) is 0.352. The molecule has 0 saturated carbocycles. The van der Waals surface area contributed by atoms with E-state index in [4.69, 9.17) is 0 Å². The summed E-state index contributed by atoms with van der Waals surface area (Å²) >= 11 is 0. The molecule has 0 saturated heterocycles. The van der Waals surface area contributed by atoms with Crippen molar-refractivity contribution >= 4 is 15.7 Å². The SMILES string of the molecule is CNC(Cc1cc(F)cc(F)c1)C(O)CN[C@@H](CCS(C)(=O)=O)C(=O)NCC(C)C. The van der Waals surface area contributed by atoms with Crippen LogP contribution in [0.2, 0.25) is 0 Å². The zero-order chi connectivity index (χ0) is 22.9. The maximum Gasteiger partial charge on any atom is 0.237 e. The highest BCUT2D eigenvalue weighted by Gasteiger charge is 2.24. The van der Waals surface area contributed by atoms with Gasteiger partial charge in [0.15, 0.2) is 0 Å². The molecule has 0 aliphatic heterocycles. The van der Waals surface area contributed by atoms with Gasteiger partial charge in [0, 0.05) is 31.5 Å². The molecular formula is C20H33F2N3O4S. The standard InChI is InChI=1S/C20H33F2N3O4S/c1-13(2)11-25-20(27)17(5-6-30(4,28)29)24-12-19(26)18(23-3)9-14-7-15(21)10-16(22)8-14/h7-8,10,13,17-19,23-24,26H,5-6,9,11-12H2,1-4H3,(H,25,27)/t17-,18?,19?/m0/s1. The lowest BCUT2D eigenvalue weighted by Gasteiger charge is -2.26. The summed E-state index contributed by atoms with van der Waals surface area (Å²) in [5.74, 6) is -1.68. The van der Waals surface area contributed by atoms with Crippen molar-refractivity contribution < 1.29 is 27.1 Å². The molecule has 0 heterocycles. The number of hydrogen-bond acceptors (Lipinski definition) is 6. The molecule has 2 unspecified atom stereocenters. The van der Waals surface area contributed by atoms with Gasteiger partial charge in [-0.2, -0.15) is 0 Å². The Hall–Kier alpha value is -1.62. The molecule has 0 radical (unpaired) electrons. The first-order valence-corrected chi connectivity index (χ1v) is 12.0. The molecule has 7 nitrogen and oxygen atoms in total. The molecule has 0 aliphatic carbocycles. The molecule has 0 fully saturated rings. The number of carbonyl (C=O) groups is 1. The third kappa shape index (κ3) is 10.4. The Morgan fingerprint density at radius 3 is 2.23 bits per heavy atom. The number of carbonyl (C=O) groups excluding carboxylic acids is 1. The average molecular weight is 450 g/mol. The Bertz CT molecular complexity index is 770. The molecular weight excluding hydrogens is 416 g/mol. The van der Waals surface area contributed by atoms with Crippen LogP contribution in [-0.2, 0) is 21.1 Å². The smallest absolute Gasteiger partial charge is 0.237 e. The van der Waals surface area contributed by atoms with Crippen molar-refractivity contribution in [2.75, 3.05) is 32.1 Å². The summed E-state index contributed by atoms with van der Waals surface area (Å²) in [6, 6.07) is 1.84. The molecule has 0 aliphatic rings. The Balaban J connectivity index is 2.76. The normalized spacial score (nSPS) is 15.1. The van der Waals surface area contributed by atoms with Crippen LogP contribution in [0.3, 0.4) is 0 Å². The lowest BCUT2D eigenvalue weighted by atomic mass is 10.0. The van der Waals surface area contributed by atoms with Crippen molar-refractivity contribution in [2.24, 2.45) is 5.92 Å². The summed E-state index contributed by atoms with van der Waals surface area (Å²) in [5, 5.41) is 19.1. The van der Waals surface area contributed by atoms with E-state index in [2.05, 4.69) is 16.0 Å². The van der Waals surface area contributed by atoms with Crippen LogP contribution in [0.25, 0.3) is 0 Å². The summed E-state index contributed by atoms with van der Waals surface area (Å²) in [6.07, 6.45) is 0.344. The summed E-state index contributed by atoms with van der Waals surface area (Å²) in [4.78, 5) is 12.4. The number of aliphatic hydroxyl groups is 1. The molecule has 0 spiro atoms. The van der Waals surface area contributed by atoms with Crippen LogP contribution in [0.4, 0.5) is 8.78 Å². The molecule has 0 aromatic heterocycles. The van der Waals surface area contributed by atoms with Gasteiger partial charge in [0.2, 0.25) is 5.91 Å². The van der Waals surface area contributed by atoms with Gasteiger partial charge in [-0.25, -0.2) is 17.2 Å². The van der Waals surface area contributed by atoms with Crippen molar-refractivity contribution in [1.82, 2.24) is 16.0 Å². The minimum absolute atomic E-state index is 0.00711. The van der Waals surface area contributed by atoms with Crippen LogP contribution in [0.15, 0.2) is 18.2 Å². The molecule has 1 aromatic carbocycles. The van der Waals surface area contributed by atoms with E-state index in [0.29, 0.717) is 12.1 Å². The fourth-order valence-electron chi connectivity index (χ4n) is 2.90. The Morgan fingerprint density at radius 1 is 1.13 bits per heavy atom. The van der Waals surface area contributed by atoms with E-state index < -0.39 is 39.7 Å². The third-order valence-corrected chi connectivity index (χ3v) is 5.54. The number of likely N-dealkylation sites (N-methyl/N-ethyl adjacent to an activating group) is 1. The van der Waals surface area contributed by atoms with Crippen molar-refractivity contribution in [1.29, 1.82) is 0 Å². The minimum atomic E-state index is -3.26. The van der Waals surface area contributed by atoms with E-state index in [1.165, 1.54) is 12.1 Å². The molecule has 0 bridgehead atoms. The van der Waals surface area contributed by atoms with E-state index >= 15 is 0 Å². The number of nitrogens with one attached hydrogen (secondary N) is 3. The largest absolute Gasteiger partial charge is 0.390 e. The van der Waals surface area contributed by atoms with Crippen molar-refractivity contribution in [3.05, 3.63) is 35.4 Å². The molecule has 1 amide bonds. The molecule has 30 heavy (non-hydrogen) atoms. The van der Waals surface area contributed by atoms with Gasteiger partial charge in [0.1, 0.15) is 21.5 Å². The fourth-order valence-corrected chi connectivity index (χ4v) is 3.57. The second-order valence-electron chi connectivity index (χ2n) is 7.96. The zero-order valence-electron chi connectivity index (χ0n) is 17.9. The second-order valence-corrected chi connectivity index (χ2v) is 10.2. The van der Waals surface area contributed by atoms with Gasteiger partial charge in [-0.3, -0.25) is 4.79 Å². The molecule has 4 N–H and O–H groups in total.